The molecule has 1 amide bonds. The first-order valence-electron chi connectivity index (χ1n) is 10.3. The average molecular weight is 475 g/mol. The molecule has 1 N–H and O–H groups in total. The molecular formula is C26H19ClN2O3S. The lowest BCUT2D eigenvalue weighted by molar-refractivity contribution is -0.132. The molecule has 2 heterocycles. The van der Waals surface area contributed by atoms with Crippen LogP contribution in [0.15, 0.2) is 72.3 Å². The lowest BCUT2D eigenvalue weighted by Crippen LogP contribution is -2.29. The van der Waals surface area contributed by atoms with Gasteiger partial charge in [-0.05, 0) is 61.4 Å². The number of nitrogens with zero attached hydrogens (tertiary/aromatic N) is 2. The second-order valence-electron chi connectivity index (χ2n) is 8.05. The van der Waals surface area contributed by atoms with E-state index < -0.39 is 17.7 Å². The van der Waals surface area contributed by atoms with E-state index in [1.54, 1.807) is 24.3 Å². The molecular weight excluding hydrogens is 456 g/mol. The summed E-state index contributed by atoms with van der Waals surface area (Å²) in [4.78, 5) is 32.5. The van der Waals surface area contributed by atoms with E-state index >= 15 is 0 Å². The molecule has 0 spiro atoms. The highest BCUT2D eigenvalue weighted by Gasteiger charge is 2.48. The van der Waals surface area contributed by atoms with Gasteiger partial charge in [-0.3, -0.25) is 14.5 Å². The van der Waals surface area contributed by atoms with Crippen LogP contribution in [0.25, 0.3) is 16.0 Å². The summed E-state index contributed by atoms with van der Waals surface area (Å²) in [5, 5.41) is 12.1. The molecule has 1 aliphatic heterocycles. The van der Waals surface area contributed by atoms with E-state index in [0.29, 0.717) is 21.3 Å². The number of carbonyl (C=O) groups excluding carboxylic acids is 2. The van der Waals surface area contributed by atoms with Gasteiger partial charge in [-0.25, -0.2) is 4.98 Å². The Labute approximate surface area is 199 Å². The summed E-state index contributed by atoms with van der Waals surface area (Å²) in [6, 6.07) is 19.1. The van der Waals surface area contributed by atoms with E-state index in [-0.39, 0.29) is 11.3 Å². The number of anilines is 1. The van der Waals surface area contributed by atoms with E-state index in [1.165, 1.54) is 16.2 Å². The Morgan fingerprint density at radius 1 is 0.970 bits per heavy atom. The van der Waals surface area contributed by atoms with Gasteiger partial charge in [0.25, 0.3) is 5.78 Å². The smallest absolute Gasteiger partial charge is 0.301 e. The largest absolute Gasteiger partial charge is 0.507 e. The van der Waals surface area contributed by atoms with Crippen molar-refractivity contribution in [1.29, 1.82) is 0 Å². The van der Waals surface area contributed by atoms with E-state index in [2.05, 4.69) is 4.98 Å². The molecule has 0 unspecified atom stereocenters. The monoisotopic (exact) mass is 474 g/mol. The van der Waals surface area contributed by atoms with Gasteiger partial charge in [0.05, 0.1) is 21.8 Å². The summed E-state index contributed by atoms with van der Waals surface area (Å²) in [5.41, 5.74) is 4.03. The molecule has 5 rings (SSSR count). The zero-order valence-corrected chi connectivity index (χ0v) is 19.4. The van der Waals surface area contributed by atoms with Crippen LogP contribution in [0.2, 0.25) is 5.02 Å². The number of halogens is 1. The summed E-state index contributed by atoms with van der Waals surface area (Å²) in [6.45, 7) is 3.95. The summed E-state index contributed by atoms with van der Waals surface area (Å²) in [5.74, 6) is -1.70. The fourth-order valence-corrected chi connectivity index (χ4v) is 5.20. The molecule has 1 saturated heterocycles. The van der Waals surface area contributed by atoms with Crippen LogP contribution >= 0.6 is 22.9 Å². The number of benzene rings is 3. The van der Waals surface area contributed by atoms with Gasteiger partial charge < -0.3 is 5.11 Å². The van der Waals surface area contributed by atoms with Crippen LogP contribution in [0, 0.1) is 13.8 Å². The number of thiazole rings is 1. The highest BCUT2D eigenvalue weighted by molar-refractivity contribution is 7.22. The molecule has 1 aromatic heterocycles. The van der Waals surface area contributed by atoms with Crippen molar-refractivity contribution < 1.29 is 14.7 Å². The summed E-state index contributed by atoms with van der Waals surface area (Å²) < 4.78 is 0.923. The Bertz CT molecular complexity index is 1440. The van der Waals surface area contributed by atoms with Crippen molar-refractivity contribution in [2.75, 3.05) is 4.90 Å². The van der Waals surface area contributed by atoms with Crippen molar-refractivity contribution in [2.45, 2.75) is 19.9 Å². The summed E-state index contributed by atoms with van der Waals surface area (Å²) >= 11 is 7.33. The normalized spacial score (nSPS) is 17.8. The number of fused-ring (bicyclic) bond motifs is 1. The van der Waals surface area contributed by atoms with Gasteiger partial charge in [0.2, 0.25) is 0 Å². The molecule has 1 fully saturated rings. The lowest BCUT2D eigenvalue weighted by Gasteiger charge is -2.23. The number of aryl methyl sites for hydroxylation is 2. The minimum Gasteiger partial charge on any atom is -0.507 e. The Balaban J connectivity index is 1.73. The Morgan fingerprint density at radius 2 is 1.64 bits per heavy atom. The number of ketones is 1. The van der Waals surface area contributed by atoms with Gasteiger partial charge in [0, 0.05) is 10.6 Å². The van der Waals surface area contributed by atoms with Gasteiger partial charge in [-0.15, -0.1) is 0 Å². The number of carbonyl (C=O) groups is 2. The number of aliphatic hydroxyl groups is 1. The highest BCUT2D eigenvalue weighted by atomic mass is 35.5. The summed E-state index contributed by atoms with van der Waals surface area (Å²) in [7, 11) is 0. The van der Waals surface area contributed by atoms with Gasteiger partial charge in [0.15, 0.2) is 5.13 Å². The molecule has 33 heavy (non-hydrogen) atoms. The van der Waals surface area contributed by atoms with Crippen LogP contribution in [0.4, 0.5) is 5.13 Å². The van der Waals surface area contributed by atoms with E-state index in [1.807, 2.05) is 56.3 Å². The molecule has 1 aliphatic rings. The number of aromatic nitrogens is 1. The molecule has 164 valence electrons. The van der Waals surface area contributed by atoms with Crippen LogP contribution < -0.4 is 4.90 Å². The molecule has 0 saturated carbocycles. The fraction of sp³-hybridized carbons (Fsp3) is 0.115. The van der Waals surface area contributed by atoms with Crippen molar-refractivity contribution in [3.05, 3.63) is 99.6 Å². The molecule has 0 radical (unpaired) electrons. The van der Waals surface area contributed by atoms with Gasteiger partial charge in [-0.2, -0.15) is 0 Å². The number of amides is 1. The van der Waals surface area contributed by atoms with Crippen molar-refractivity contribution >= 4 is 55.7 Å². The first-order valence-corrected chi connectivity index (χ1v) is 11.5. The maximum atomic E-state index is 13.3. The molecule has 1 atom stereocenters. The van der Waals surface area contributed by atoms with Crippen LogP contribution in [0.5, 0.6) is 0 Å². The van der Waals surface area contributed by atoms with Gasteiger partial charge in [0.1, 0.15) is 5.76 Å². The van der Waals surface area contributed by atoms with Gasteiger partial charge >= 0.3 is 5.91 Å². The minimum absolute atomic E-state index is 0.0293. The molecule has 3 aromatic carbocycles. The van der Waals surface area contributed by atoms with Crippen molar-refractivity contribution in [3.63, 3.8) is 0 Å². The maximum absolute atomic E-state index is 13.3. The number of hydrogen-bond acceptors (Lipinski definition) is 5. The number of Topliss-reactive ketones (excluding diaryl/α,β-unsaturated/α-hetero) is 1. The Morgan fingerprint density at radius 3 is 2.33 bits per heavy atom. The fourth-order valence-electron chi connectivity index (χ4n) is 3.98. The van der Waals surface area contributed by atoms with Gasteiger partial charge in [-0.1, -0.05) is 58.8 Å². The number of hydrogen-bond donors (Lipinski definition) is 1. The number of rotatable bonds is 3. The van der Waals surface area contributed by atoms with Crippen molar-refractivity contribution in [1.82, 2.24) is 4.98 Å². The van der Waals surface area contributed by atoms with Crippen LogP contribution in [0.3, 0.4) is 0 Å². The van der Waals surface area contributed by atoms with Crippen LogP contribution in [0.1, 0.15) is 28.3 Å². The second-order valence-corrected chi connectivity index (χ2v) is 9.50. The average Bonchev–Trinajstić information content (AvgIpc) is 3.32. The Hall–Kier alpha value is -3.48. The Kier molecular flexibility index (Phi) is 5.27. The predicted molar refractivity (Wildman–Crippen MR) is 132 cm³/mol. The third-order valence-electron chi connectivity index (χ3n) is 5.69. The molecule has 5 nitrogen and oxygen atoms in total. The van der Waals surface area contributed by atoms with Crippen molar-refractivity contribution in [3.8, 4) is 0 Å². The molecule has 0 aliphatic carbocycles. The first kappa shape index (κ1) is 21.4. The summed E-state index contributed by atoms with van der Waals surface area (Å²) in [6.07, 6.45) is 0. The zero-order valence-electron chi connectivity index (χ0n) is 17.9. The molecule has 4 aromatic rings. The third kappa shape index (κ3) is 3.71. The predicted octanol–water partition coefficient (Wildman–Crippen LogP) is 6.19. The van der Waals surface area contributed by atoms with Crippen LogP contribution in [-0.4, -0.2) is 21.8 Å². The lowest BCUT2D eigenvalue weighted by atomic mass is 9.95. The number of aliphatic hydroxyl groups excluding tert-OH is 1. The third-order valence-corrected chi connectivity index (χ3v) is 6.96. The maximum Gasteiger partial charge on any atom is 0.301 e. The molecule has 0 bridgehead atoms. The zero-order chi connectivity index (χ0) is 23.3. The second kappa shape index (κ2) is 8.14. The minimum atomic E-state index is -0.803. The van der Waals surface area contributed by atoms with Crippen molar-refractivity contribution in [2.24, 2.45) is 0 Å². The highest BCUT2D eigenvalue weighted by Crippen LogP contribution is 2.44. The van der Waals surface area contributed by atoms with E-state index in [0.717, 1.165) is 21.3 Å². The van der Waals surface area contributed by atoms with Crippen LogP contribution in [-0.2, 0) is 9.59 Å². The van der Waals surface area contributed by atoms with E-state index in [9.17, 15) is 14.7 Å². The quantitative estimate of drug-likeness (QED) is 0.218. The van der Waals surface area contributed by atoms with E-state index in [4.69, 9.17) is 11.6 Å². The molecule has 7 heteroatoms. The standard InChI is InChI=1S/C26H19ClN2O3S/c1-14-3-6-16(7-4-14)22-21(23(30)17-8-10-18(27)11-9-17)24(31)25(32)29(22)26-28-19-12-5-15(2)13-20(19)33-26/h3-13,22,30H,1-2H3/b23-21+/t22-/m1/s1. The first-order chi connectivity index (χ1) is 15.8. The topological polar surface area (TPSA) is 70.5 Å². The SMILES string of the molecule is Cc1ccc([C@@H]2/C(=C(\O)c3ccc(Cl)cc3)C(=O)C(=O)N2c2nc3ccc(C)cc3s2)cc1.